The maximum atomic E-state index is 14.4. The number of fused-ring (bicyclic) bond motifs is 2. The predicted octanol–water partition coefficient (Wildman–Crippen LogP) is 4.30. The number of anilines is 1. The van der Waals surface area contributed by atoms with Crippen molar-refractivity contribution in [2.45, 2.75) is 95.7 Å². The summed E-state index contributed by atoms with van der Waals surface area (Å²) in [5, 5.41) is 3.04. The largest absolute Gasteiger partial charge is 0.465 e. The van der Waals surface area contributed by atoms with Crippen molar-refractivity contribution < 1.29 is 37.9 Å². The number of likely N-dealkylation sites (tertiary alicyclic amines) is 4. The van der Waals surface area contributed by atoms with Crippen LogP contribution in [0.25, 0.3) is 11.1 Å². The molecule has 5 amide bonds. The van der Waals surface area contributed by atoms with Crippen LogP contribution in [0.4, 0.5) is 15.3 Å². The molecular formula is C45H59N7O9. The van der Waals surface area contributed by atoms with Gasteiger partial charge < -0.3 is 43.7 Å². The molecule has 5 aliphatic rings. The number of hydrogen-bond acceptors (Lipinski definition) is 10. The van der Waals surface area contributed by atoms with Gasteiger partial charge in [-0.3, -0.25) is 19.0 Å². The standard InChI is InChI=1S/C45H59N7O9/c1-30-27-31(28-37-40(30)47(2)44(57)60-37)29-38(61-45(58)51-23-15-35(16-24-51)52-25-12-32-7-3-4-8-36(32)46-43(52)56)41(54)50-21-13-34(14-22-50)48-19-10-33(11-20-48)42(55)59-26-6-18-49-17-5-9-39(49)53/h3-4,7-8,27-28,33-35,38H,5-6,9-26,29H2,1-2H3,(H,46,56)/t38-/m1/s1. The third-order valence-corrected chi connectivity index (χ3v) is 13.5. The highest BCUT2D eigenvalue weighted by Gasteiger charge is 2.37. The van der Waals surface area contributed by atoms with Crippen molar-refractivity contribution in [2.75, 3.05) is 70.8 Å². The van der Waals surface area contributed by atoms with E-state index >= 15 is 0 Å². The Labute approximate surface area is 356 Å². The number of carbonyl (C=O) groups excluding carboxylic acids is 5. The van der Waals surface area contributed by atoms with E-state index in [1.165, 1.54) is 4.57 Å². The topological polar surface area (TPSA) is 167 Å². The summed E-state index contributed by atoms with van der Waals surface area (Å²) in [6, 6.07) is 11.6. The van der Waals surface area contributed by atoms with E-state index in [0.717, 1.165) is 80.5 Å². The monoisotopic (exact) mass is 841 g/mol. The molecule has 3 aromatic rings. The summed E-state index contributed by atoms with van der Waals surface area (Å²) in [5.41, 5.74) is 4.55. The Hall–Kier alpha value is -5.38. The van der Waals surface area contributed by atoms with E-state index in [0.29, 0.717) is 82.7 Å². The number of carbonyl (C=O) groups is 5. The van der Waals surface area contributed by atoms with Crippen LogP contribution in [-0.4, -0.2) is 143 Å². The minimum Gasteiger partial charge on any atom is -0.465 e. The molecule has 2 aromatic carbocycles. The van der Waals surface area contributed by atoms with Crippen molar-refractivity contribution in [1.29, 1.82) is 0 Å². The number of oxazole rings is 1. The molecule has 328 valence electrons. The molecule has 4 saturated heterocycles. The van der Waals surface area contributed by atoms with Gasteiger partial charge in [0.2, 0.25) is 5.91 Å². The number of esters is 1. The van der Waals surface area contributed by atoms with Crippen LogP contribution < -0.4 is 11.1 Å². The molecule has 1 aromatic heterocycles. The van der Waals surface area contributed by atoms with Crippen molar-refractivity contribution in [3.05, 3.63) is 63.6 Å². The normalized spacial score (nSPS) is 20.4. The molecule has 16 nitrogen and oxygen atoms in total. The van der Waals surface area contributed by atoms with Crippen LogP contribution in [0.1, 0.15) is 74.5 Å². The molecule has 4 fully saturated rings. The number of nitrogens with one attached hydrogen (secondary N) is 1. The van der Waals surface area contributed by atoms with Gasteiger partial charge in [-0.1, -0.05) is 24.3 Å². The average Bonchev–Trinajstić information content (AvgIpc) is 3.76. The van der Waals surface area contributed by atoms with E-state index in [-0.39, 0.29) is 48.2 Å². The molecule has 0 saturated carbocycles. The van der Waals surface area contributed by atoms with Crippen molar-refractivity contribution in [2.24, 2.45) is 13.0 Å². The lowest BCUT2D eigenvalue weighted by atomic mass is 9.93. The molecule has 0 unspecified atom stereocenters. The first kappa shape index (κ1) is 42.3. The Kier molecular flexibility index (Phi) is 13.0. The van der Waals surface area contributed by atoms with Gasteiger partial charge in [-0.25, -0.2) is 14.4 Å². The van der Waals surface area contributed by atoms with Gasteiger partial charge in [0.05, 0.1) is 18.0 Å². The first-order valence-corrected chi connectivity index (χ1v) is 22.2. The Morgan fingerprint density at radius 3 is 2.31 bits per heavy atom. The second kappa shape index (κ2) is 18.7. The van der Waals surface area contributed by atoms with Gasteiger partial charge in [0.15, 0.2) is 11.7 Å². The van der Waals surface area contributed by atoms with Crippen LogP contribution in [0.15, 0.2) is 45.6 Å². The van der Waals surface area contributed by atoms with Gasteiger partial charge in [0.1, 0.15) is 0 Å². The third kappa shape index (κ3) is 9.58. The number of aryl methyl sites for hydroxylation is 2. The van der Waals surface area contributed by atoms with E-state index in [4.69, 9.17) is 13.9 Å². The number of ether oxygens (including phenoxy) is 2. The SMILES string of the molecule is Cc1cc(C[C@@H](OC(=O)N2CCC(N3CCc4ccccc4NC3=O)CC2)C(=O)N2CCC(N3CCC(C(=O)OCCCN4CCCC4=O)CC3)CC2)cc2oc(=O)n(C)c12. The van der Waals surface area contributed by atoms with Gasteiger partial charge in [0.25, 0.3) is 5.91 Å². The maximum Gasteiger partial charge on any atom is 0.419 e. The minimum absolute atomic E-state index is 0.0320. The van der Waals surface area contributed by atoms with Crippen molar-refractivity contribution in [3.8, 4) is 0 Å². The molecular weight excluding hydrogens is 783 g/mol. The number of hydrogen-bond donors (Lipinski definition) is 1. The van der Waals surface area contributed by atoms with E-state index in [9.17, 15) is 28.8 Å². The predicted molar refractivity (Wildman–Crippen MR) is 226 cm³/mol. The zero-order valence-corrected chi connectivity index (χ0v) is 35.5. The quantitative estimate of drug-likeness (QED) is 0.217. The Bertz CT molecular complexity index is 2160. The Morgan fingerprint density at radius 1 is 0.852 bits per heavy atom. The summed E-state index contributed by atoms with van der Waals surface area (Å²) in [6.45, 7) is 7.60. The Balaban J connectivity index is 0.854. The van der Waals surface area contributed by atoms with Gasteiger partial charge in [-0.2, -0.15) is 0 Å². The lowest BCUT2D eigenvalue weighted by Crippen LogP contribution is -2.53. The highest BCUT2D eigenvalue weighted by Crippen LogP contribution is 2.28. The summed E-state index contributed by atoms with van der Waals surface area (Å²) in [5.74, 6) is -0.842. The summed E-state index contributed by atoms with van der Waals surface area (Å²) in [6.07, 6.45) is 5.53. The van der Waals surface area contributed by atoms with Gasteiger partial charge >= 0.3 is 23.8 Å². The van der Waals surface area contributed by atoms with Crippen LogP contribution >= 0.6 is 0 Å². The highest BCUT2D eigenvalue weighted by atomic mass is 16.6. The van der Waals surface area contributed by atoms with Crippen LogP contribution in [-0.2, 0) is 43.7 Å². The van der Waals surface area contributed by atoms with Crippen LogP contribution in [0.5, 0.6) is 0 Å². The molecule has 1 N–H and O–H groups in total. The smallest absolute Gasteiger partial charge is 0.419 e. The van der Waals surface area contributed by atoms with Gasteiger partial charge in [0, 0.05) is 83.5 Å². The number of nitrogens with zero attached hydrogens (tertiary/aromatic N) is 6. The van der Waals surface area contributed by atoms with E-state index in [1.807, 2.05) is 47.1 Å². The van der Waals surface area contributed by atoms with Crippen LogP contribution in [0.2, 0.25) is 0 Å². The van der Waals surface area contributed by atoms with E-state index in [2.05, 4.69) is 10.2 Å². The average molecular weight is 842 g/mol. The fourth-order valence-corrected chi connectivity index (χ4v) is 10.0. The first-order valence-electron chi connectivity index (χ1n) is 22.2. The zero-order valence-electron chi connectivity index (χ0n) is 35.5. The lowest BCUT2D eigenvalue weighted by molar-refractivity contribution is -0.151. The van der Waals surface area contributed by atoms with E-state index < -0.39 is 18.0 Å². The molecule has 61 heavy (non-hydrogen) atoms. The number of amides is 5. The number of rotatable bonds is 11. The number of aromatic nitrogens is 1. The fraction of sp³-hybridized carbons (Fsp3) is 0.600. The fourth-order valence-electron chi connectivity index (χ4n) is 10.0. The zero-order chi connectivity index (χ0) is 42.6. The molecule has 0 radical (unpaired) electrons. The highest BCUT2D eigenvalue weighted by molar-refractivity contribution is 5.91. The second-order valence-corrected chi connectivity index (χ2v) is 17.4. The van der Waals surface area contributed by atoms with Crippen LogP contribution in [0, 0.1) is 12.8 Å². The second-order valence-electron chi connectivity index (χ2n) is 17.4. The van der Waals surface area contributed by atoms with Crippen LogP contribution in [0.3, 0.4) is 0 Å². The lowest BCUT2D eigenvalue weighted by Gasteiger charge is -2.42. The number of benzene rings is 2. The molecule has 16 heteroatoms. The van der Waals surface area contributed by atoms with Gasteiger partial charge in [-0.05, 0) is 107 Å². The molecule has 6 heterocycles. The van der Waals surface area contributed by atoms with Crippen molar-refractivity contribution in [3.63, 3.8) is 0 Å². The molecule has 8 rings (SSSR count). The summed E-state index contributed by atoms with van der Waals surface area (Å²) in [7, 11) is 1.65. The van der Waals surface area contributed by atoms with Gasteiger partial charge in [-0.15, -0.1) is 0 Å². The Morgan fingerprint density at radius 2 is 1.57 bits per heavy atom. The number of para-hydroxylation sites is 1. The first-order chi connectivity index (χ1) is 29.5. The number of urea groups is 1. The molecule has 0 bridgehead atoms. The molecule has 1 atom stereocenters. The number of piperidine rings is 3. The third-order valence-electron chi connectivity index (χ3n) is 13.5. The minimum atomic E-state index is -1.10. The molecule has 0 aliphatic carbocycles. The molecule has 0 spiro atoms. The summed E-state index contributed by atoms with van der Waals surface area (Å²) in [4.78, 5) is 88.0. The molecule has 5 aliphatic heterocycles. The maximum absolute atomic E-state index is 14.4. The van der Waals surface area contributed by atoms with Crippen molar-refractivity contribution in [1.82, 2.24) is 29.1 Å². The van der Waals surface area contributed by atoms with Crippen molar-refractivity contribution >= 4 is 46.7 Å². The summed E-state index contributed by atoms with van der Waals surface area (Å²) >= 11 is 0. The summed E-state index contributed by atoms with van der Waals surface area (Å²) < 4.78 is 18.7. The van der Waals surface area contributed by atoms with E-state index in [1.54, 1.807) is 22.9 Å².